The predicted molar refractivity (Wildman–Crippen MR) is 166 cm³/mol. The number of aryl methyl sites for hydroxylation is 1. The van der Waals surface area contributed by atoms with Crippen molar-refractivity contribution in [2.24, 2.45) is 0 Å². The molecule has 1 aliphatic rings. The van der Waals surface area contributed by atoms with Gasteiger partial charge in [0.05, 0.1) is 35.3 Å². The van der Waals surface area contributed by atoms with Crippen LogP contribution in [0.1, 0.15) is 40.4 Å². The summed E-state index contributed by atoms with van der Waals surface area (Å²) in [5, 5.41) is 16.2. The first-order chi connectivity index (χ1) is 20.1. The fraction of sp³-hybridized carbons (Fsp3) is 0.276. The lowest BCUT2D eigenvalue weighted by Crippen LogP contribution is -2.47. The topological polar surface area (TPSA) is 149 Å². The third kappa shape index (κ3) is 6.82. The Morgan fingerprint density at radius 1 is 1.14 bits per heavy atom. The number of fused-ring (bicyclic) bond motifs is 1. The van der Waals surface area contributed by atoms with E-state index in [1.165, 1.54) is 11.1 Å². The SMILES string of the molecule is Cc1nccc(Nc2ncc(Cl)c(-c3ccc4c(c3)C(=O)N([C@H](C)C(=O)N[C@H](CO)c3cccc(N(C)C)n3)C4)n2)n1.Cl. The average molecular weight is 625 g/mol. The molecule has 0 radical (unpaired) electrons. The van der Waals surface area contributed by atoms with Gasteiger partial charge in [0, 0.05) is 38.0 Å². The van der Waals surface area contributed by atoms with Gasteiger partial charge >= 0.3 is 0 Å². The molecule has 2 atom stereocenters. The van der Waals surface area contributed by atoms with Crippen molar-refractivity contribution in [3.05, 3.63) is 82.5 Å². The normalized spacial score (nSPS) is 13.5. The maximum absolute atomic E-state index is 13.5. The molecule has 0 bridgehead atoms. The first kappa shape index (κ1) is 31.5. The number of hydrogen-bond donors (Lipinski definition) is 3. The second kappa shape index (κ2) is 13.3. The second-order valence-electron chi connectivity index (χ2n) is 10.0. The van der Waals surface area contributed by atoms with Crippen LogP contribution in [0.25, 0.3) is 11.3 Å². The van der Waals surface area contributed by atoms with Crippen LogP contribution in [-0.4, -0.2) is 73.5 Å². The van der Waals surface area contributed by atoms with E-state index in [-0.39, 0.29) is 37.4 Å². The summed E-state index contributed by atoms with van der Waals surface area (Å²) in [5.41, 5.74) is 2.83. The fourth-order valence-corrected chi connectivity index (χ4v) is 4.78. The van der Waals surface area contributed by atoms with E-state index >= 15 is 0 Å². The molecule has 14 heteroatoms. The lowest BCUT2D eigenvalue weighted by atomic mass is 10.0. The van der Waals surface area contributed by atoms with Gasteiger partial charge in [0.2, 0.25) is 11.9 Å². The third-order valence-electron chi connectivity index (χ3n) is 6.89. The number of halogens is 2. The summed E-state index contributed by atoms with van der Waals surface area (Å²) in [4.78, 5) is 51.7. The number of aliphatic hydroxyl groups excluding tert-OH is 1. The molecule has 0 saturated heterocycles. The molecule has 0 aliphatic carbocycles. The van der Waals surface area contributed by atoms with Crippen molar-refractivity contribution in [1.29, 1.82) is 0 Å². The minimum Gasteiger partial charge on any atom is -0.394 e. The van der Waals surface area contributed by atoms with E-state index in [2.05, 4.69) is 35.6 Å². The van der Waals surface area contributed by atoms with Gasteiger partial charge in [-0.1, -0.05) is 29.8 Å². The van der Waals surface area contributed by atoms with Gasteiger partial charge in [-0.3, -0.25) is 9.59 Å². The van der Waals surface area contributed by atoms with E-state index in [9.17, 15) is 14.7 Å². The number of carbonyl (C=O) groups excluding carboxylic acids is 2. The van der Waals surface area contributed by atoms with Gasteiger partial charge in [-0.25, -0.2) is 24.9 Å². The highest BCUT2D eigenvalue weighted by molar-refractivity contribution is 6.33. The summed E-state index contributed by atoms with van der Waals surface area (Å²) in [5.74, 6) is 1.43. The molecule has 4 heterocycles. The molecule has 1 aromatic carbocycles. The molecule has 5 rings (SSSR count). The minimum atomic E-state index is -0.797. The lowest BCUT2D eigenvalue weighted by Gasteiger charge is -2.26. The predicted octanol–water partition coefficient (Wildman–Crippen LogP) is 3.72. The third-order valence-corrected chi connectivity index (χ3v) is 7.17. The van der Waals surface area contributed by atoms with Gasteiger partial charge in [0.1, 0.15) is 23.5 Å². The van der Waals surface area contributed by atoms with Crippen molar-refractivity contribution in [1.82, 2.24) is 35.1 Å². The highest BCUT2D eigenvalue weighted by Gasteiger charge is 2.35. The number of nitrogens with zero attached hydrogens (tertiary/aromatic N) is 7. The number of nitrogens with one attached hydrogen (secondary N) is 2. The van der Waals surface area contributed by atoms with E-state index in [4.69, 9.17) is 11.6 Å². The Bertz CT molecular complexity index is 1650. The second-order valence-corrected chi connectivity index (χ2v) is 10.5. The molecule has 3 N–H and O–H groups in total. The molecule has 2 amide bonds. The maximum atomic E-state index is 13.5. The number of aliphatic hydroxyl groups is 1. The van der Waals surface area contributed by atoms with Crippen LogP contribution in [0.2, 0.25) is 5.02 Å². The molecular formula is C29H31Cl2N9O3. The van der Waals surface area contributed by atoms with E-state index in [0.29, 0.717) is 45.0 Å². The van der Waals surface area contributed by atoms with Crippen LogP contribution in [0, 0.1) is 6.92 Å². The number of carbonyl (C=O) groups is 2. The van der Waals surface area contributed by atoms with Crippen molar-refractivity contribution in [2.45, 2.75) is 32.5 Å². The number of rotatable bonds is 9. The highest BCUT2D eigenvalue weighted by atomic mass is 35.5. The molecule has 0 unspecified atom stereocenters. The molecule has 3 aromatic heterocycles. The maximum Gasteiger partial charge on any atom is 0.255 e. The van der Waals surface area contributed by atoms with Crippen molar-refractivity contribution in [3.63, 3.8) is 0 Å². The van der Waals surface area contributed by atoms with Crippen molar-refractivity contribution >= 4 is 53.4 Å². The Balaban J connectivity index is 0.00000423. The fourth-order valence-electron chi connectivity index (χ4n) is 4.58. The van der Waals surface area contributed by atoms with E-state index in [0.717, 1.165) is 5.56 Å². The minimum absolute atomic E-state index is 0. The van der Waals surface area contributed by atoms with Crippen LogP contribution >= 0.6 is 24.0 Å². The molecule has 0 spiro atoms. The molecular weight excluding hydrogens is 593 g/mol. The molecule has 12 nitrogen and oxygen atoms in total. The number of amides is 2. The summed E-state index contributed by atoms with van der Waals surface area (Å²) < 4.78 is 0. The number of anilines is 3. The first-order valence-corrected chi connectivity index (χ1v) is 13.6. The van der Waals surface area contributed by atoms with Gasteiger partial charge < -0.3 is 25.5 Å². The van der Waals surface area contributed by atoms with Crippen LogP contribution in [0.3, 0.4) is 0 Å². The van der Waals surface area contributed by atoms with Crippen molar-refractivity contribution < 1.29 is 14.7 Å². The lowest BCUT2D eigenvalue weighted by molar-refractivity contribution is -0.126. The zero-order valence-electron chi connectivity index (χ0n) is 23.9. The van der Waals surface area contributed by atoms with Gasteiger partial charge in [0.15, 0.2) is 0 Å². The Kier molecular flexibility index (Phi) is 9.74. The summed E-state index contributed by atoms with van der Waals surface area (Å²) in [7, 11) is 3.72. The quantitative estimate of drug-likeness (QED) is 0.252. The van der Waals surface area contributed by atoms with Crippen LogP contribution in [0.4, 0.5) is 17.6 Å². The standard InChI is InChI=1S/C29H30ClN9O3.ClH/c1-16(27(41)35-23(15-40)22-6-5-7-25(34-22)38(3)4)39-14-19-9-8-18(12-20(19)28(39)42)26-21(30)13-32-29(37-26)36-24-10-11-31-17(2)33-24;/h5-13,16,23,40H,14-15H2,1-4H3,(H,35,41)(H,31,32,33,36,37);1H/t16-,23-;/m1./s1. The molecule has 0 saturated carbocycles. The summed E-state index contributed by atoms with van der Waals surface area (Å²) in [6.45, 7) is 3.36. The number of hydrogen-bond acceptors (Lipinski definition) is 10. The van der Waals surface area contributed by atoms with E-state index in [1.54, 1.807) is 38.2 Å². The summed E-state index contributed by atoms with van der Waals surface area (Å²) in [6, 6.07) is 11.0. The number of aromatic nitrogens is 5. The number of benzene rings is 1. The van der Waals surface area contributed by atoms with Crippen LogP contribution in [0.5, 0.6) is 0 Å². The average Bonchev–Trinajstić information content (AvgIpc) is 3.31. The summed E-state index contributed by atoms with van der Waals surface area (Å²) in [6.07, 6.45) is 3.11. The Labute approximate surface area is 260 Å². The van der Waals surface area contributed by atoms with Crippen LogP contribution < -0.4 is 15.5 Å². The Morgan fingerprint density at radius 2 is 1.93 bits per heavy atom. The zero-order chi connectivity index (χ0) is 30.0. The highest BCUT2D eigenvalue weighted by Crippen LogP contribution is 2.32. The van der Waals surface area contributed by atoms with E-state index < -0.39 is 18.0 Å². The zero-order valence-corrected chi connectivity index (χ0v) is 25.5. The van der Waals surface area contributed by atoms with Gasteiger partial charge in [-0.15, -0.1) is 12.4 Å². The van der Waals surface area contributed by atoms with Gasteiger partial charge in [-0.2, -0.15) is 0 Å². The van der Waals surface area contributed by atoms with Gasteiger partial charge in [0.25, 0.3) is 5.91 Å². The van der Waals surface area contributed by atoms with Crippen LogP contribution in [-0.2, 0) is 11.3 Å². The van der Waals surface area contributed by atoms with Crippen molar-refractivity contribution in [2.75, 3.05) is 30.9 Å². The smallest absolute Gasteiger partial charge is 0.255 e. The first-order valence-electron chi connectivity index (χ1n) is 13.2. The number of pyridine rings is 1. The molecule has 1 aliphatic heterocycles. The van der Waals surface area contributed by atoms with Gasteiger partial charge in [-0.05, 0) is 43.7 Å². The van der Waals surface area contributed by atoms with Crippen molar-refractivity contribution in [3.8, 4) is 11.3 Å². The Morgan fingerprint density at radius 3 is 2.65 bits per heavy atom. The Hall–Kier alpha value is -4.39. The molecule has 4 aromatic rings. The largest absolute Gasteiger partial charge is 0.394 e. The van der Waals surface area contributed by atoms with E-state index in [1.807, 2.05) is 43.3 Å². The molecule has 43 heavy (non-hydrogen) atoms. The summed E-state index contributed by atoms with van der Waals surface area (Å²) >= 11 is 6.45. The van der Waals surface area contributed by atoms with Crippen LogP contribution in [0.15, 0.2) is 54.9 Å². The molecule has 0 fully saturated rings. The monoisotopic (exact) mass is 623 g/mol. The molecule has 224 valence electrons.